The maximum atomic E-state index is 11.2. The number of hydrogen-bond donors (Lipinski definition) is 2. The van der Waals surface area contributed by atoms with Crippen LogP contribution in [0.2, 0.25) is 0 Å². The first-order valence-electron chi connectivity index (χ1n) is 5.61. The van der Waals surface area contributed by atoms with Gasteiger partial charge in [0.25, 0.3) is 0 Å². The molecule has 0 radical (unpaired) electrons. The number of hydrazine groups is 1. The minimum absolute atomic E-state index is 0.00432. The van der Waals surface area contributed by atoms with Crippen LogP contribution >= 0.6 is 0 Å². The van der Waals surface area contributed by atoms with Crippen molar-refractivity contribution in [3.05, 3.63) is 0 Å². The number of rotatable bonds is 8. The van der Waals surface area contributed by atoms with Gasteiger partial charge in [0.05, 0.1) is 5.60 Å². The monoisotopic (exact) mass is 216 g/mol. The van der Waals surface area contributed by atoms with E-state index in [4.69, 9.17) is 4.74 Å². The van der Waals surface area contributed by atoms with Gasteiger partial charge in [-0.05, 0) is 26.7 Å². The van der Waals surface area contributed by atoms with Crippen LogP contribution in [0, 0.1) is 0 Å². The van der Waals surface area contributed by atoms with Crippen LogP contribution in [0.3, 0.4) is 0 Å². The Labute approximate surface area is 92.7 Å². The molecule has 0 saturated heterocycles. The Morgan fingerprint density at radius 1 is 1.40 bits per heavy atom. The Bertz CT molecular complexity index is 181. The molecule has 90 valence electrons. The highest BCUT2D eigenvalue weighted by atomic mass is 16.5. The molecule has 4 nitrogen and oxygen atoms in total. The van der Waals surface area contributed by atoms with Gasteiger partial charge in [0, 0.05) is 20.1 Å². The first kappa shape index (κ1) is 14.4. The third-order valence-electron chi connectivity index (χ3n) is 2.21. The molecule has 0 aliphatic heterocycles. The number of hydrogen-bond acceptors (Lipinski definition) is 3. The molecule has 0 saturated carbocycles. The molecule has 0 bridgehead atoms. The number of amides is 1. The predicted molar refractivity (Wildman–Crippen MR) is 61.4 cm³/mol. The molecule has 4 heteroatoms. The van der Waals surface area contributed by atoms with E-state index >= 15 is 0 Å². The van der Waals surface area contributed by atoms with Crippen LogP contribution in [-0.2, 0) is 9.53 Å². The lowest BCUT2D eigenvalue weighted by molar-refractivity contribution is -0.123. The molecule has 0 aromatic rings. The second kappa shape index (κ2) is 7.65. The van der Waals surface area contributed by atoms with Gasteiger partial charge in [-0.1, -0.05) is 13.3 Å². The zero-order valence-electron chi connectivity index (χ0n) is 10.4. The molecule has 0 aliphatic rings. The normalized spacial score (nSPS) is 11.5. The van der Waals surface area contributed by atoms with E-state index in [0.29, 0.717) is 6.42 Å². The quantitative estimate of drug-likeness (QED) is 0.479. The third-order valence-corrected chi connectivity index (χ3v) is 2.21. The van der Waals surface area contributed by atoms with Gasteiger partial charge in [-0.3, -0.25) is 10.2 Å². The largest absolute Gasteiger partial charge is 0.376 e. The summed E-state index contributed by atoms with van der Waals surface area (Å²) in [6.07, 6.45) is 3.44. The number of ether oxygens (including phenoxy) is 1. The summed E-state index contributed by atoms with van der Waals surface area (Å²) in [4.78, 5) is 11.2. The summed E-state index contributed by atoms with van der Waals surface area (Å²) in [6.45, 7) is 6.96. The zero-order valence-corrected chi connectivity index (χ0v) is 10.4. The molecule has 0 aliphatic carbocycles. The highest BCUT2D eigenvalue weighted by Gasteiger charge is 2.19. The Balaban J connectivity index is 3.67. The lowest BCUT2D eigenvalue weighted by atomic mass is 10.0. The Morgan fingerprint density at radius 3 is 2.60 bits per heavy atom. The van der Waals surface area contributed by atoms with E-state index in [1.54, 1.807) is 7.05 Å². The van der Waals surface area contributed by atoms with Crippen molar-refractivity contribution in [2.45, 2.75) is 52.1 Å². The Hall–Kier alpha value is -0.610. The molecule has 0 spiro atoms. The Morgan fingerprint density at radius 2 is 2.07 bits per heavy atom. The topological polar surface area (TPSA) is 50.4 Å². The molecule has 0 fully saturated rings. The lowest BCUT2D eigenvalue weighted by Gasteiger charge is -2.25. The molecule has 0 rings (SSSR count). The van der Waals surface area contributed by atoms with E-state index in [0.717, 1.165) is 25.9 Å². The minimum atomic E-state index is -0.208. The minimum Gasteiger partial charge on any atom is -0.376 e. The summed E-state index contributed by atoms with van der Waals surface area (Å²) in [7, 11) is 1.68. The second-order valence-corrected chi connectivity index (χ2v) is 4.26. The van der Waals surface area contributed by atoms with Crippen molar-refractivity contribution in [2.24, 2.45) is 0 Å². The maximum absolute atomic E-state index is 11.2. The first-order chi connectivity index (χ1) is 7.02. The van der Waals surface area contributed by atoms with Crippen LogP contribution in [0.5, 0.6) is 0 Å². The van der Waals surface area contributed by atoms with Crippen LogP contribution in [0.25, 0.3) is 0 Å². The summed E-state index contributed by atoms with van der Waals surface area (Å²) < 4.78 is 5.70. The molecular weight excluding hydrogens is 192 g/mol. The molecule has 0 unspecified atom stereocenters. The van der Waals surface area contributed by atoms with E-state index < -0.39 is 0 Å². The molecule has 15 heavy (non-hydrogen) atoms. The van der Waals surface area contributed by atoms with E-state index in [-0.39, 0.29) is 11.5 Å². The van der Waals surface area contributed by atoms with E-state index in [9.17, 15) is 4.79 Å². The first-order valence-corrected chi connectivity index (χ1v) is 5.61. The van der Waals surface area contributed by atoms with Gasteiger partial charge < -0.3 is 4.74 Å². The highest BCUT2D eigenvalue weighted by Crippen LogP contribution is 2.17. The average molecular weight is 216 g/mol. The van der Waals surface area contributed by atoms with Gasteiger partial charge in [0.1, 0.15) is 0 Å². The third kappa shape index (κ3) is 8.39. The van der Waals surface area contributed by atoms with Gasteiger partial charge in [-0.15, -0.1) is 0 Å². The van der Waals surface area contributed by atoms with Crippen LogP contribution in [-0.4, -0.2) is 25.2 Å². The van der Waals surface area contributed by atoms with Gasteiger partial charge in [-0.2, -0.15) is 0 Å². The molecule has 2 N–H and O–H groups in total. The van der Waals surface area contributed by atoms with Crippen LogP contribution < -0.4 is 10.9 Å². The van der Waals surface area contributed by atoms with Crippen molar-refractivity contribution >= 4 is 5.91 Å². The van der Waals surface area contributed by atoms with Crippen molar-refractivity contribution < 1.29 is 9.53 Å². The summed E-state index contributed by atoms with van der Waals surface area (Å²) in [5, 5.41) is 0. The fourth-order valence-corrected chi connectivity index (χ4v) is 1.18. The second-order valence-electron chi connectivity index (χ2n) is 4.26. The summed E-state index contributed by atoms with van der Waals surface area (Å²) in [6, 6.07) is 0. The smallest absolute Gasteiger partial charge is 0.234 e. The molecule has 0 heterocycles. The average Bonchev–Trinajstić information content (AvgIpc) is 2.16. The van der Waals surface area contributed by atoms with Crippen LogP contribution in [0.15, 0.2) is 0 Å². The molecule has 1 amide bonds. The summed E-state index contributed by atoms with van der Waals surface area (Å²) in [5.41, 5.74) is 4.95. The fourth-order valence-electron chi connectivity index (χ4n) is 1.18. The van der Waals surface area contributed by atoms with Crippen molar-refractivity contribution in [1.82, 2.24) is 10.9 Å². The maximum Gasteiger partial charge on any atom is 0.234 e. The summed E-state index contributed by atoms with van der Waals surface area (Å²) in [5.74, 6) is 0.00432. The van der Waals surface area contributed by atoms with Crippen molar-refractivity contribution in [1.29, 1.82) is 0 Å². The van der Waals surface area contributed by atoms with Gasteiger partial charge in [-0.25, -0.2) is 5.43 Å². The van der Waals surface area contributed by atoms with Gasteiger partial charge >= 0.3 is 0 Å². The summed E-state index contributed by atoms with van der Waals surface area (Å²) >= 11 is 0. The SMILES string of the molecule is CCCCOC(C)(C)CCC(=O)NNC. The van der Waals surface area contributed by atoms with Crippen LogP contribution in [0.4, 0.5) is 0 Å². The van der Waals surface area contributed by atoms with Crippen molar-refractivity contribution in [2.75, 3.05) is 13.7 Å². The number of carbonyl (C=O) groups excluding carboxylic acids is 1. The van der Waals surface area contributed by atoms with E-state index in [1.165, 1.54) is 0 Å². The highest BCUT2D eigenvalue weighted by molar-refractivity contribution is 5.75. The molecule has 0 aromatic heterocycles. The van der Waals surface area contributed by atoms with Gasteiger partial charge in [0.15, 0.2) is 0 Å². The van der Waals surface area contributed by atoms with E-state index in [1.807, 2.05) is 13.8 Å². The Kier molecular flexibility index (Phi) is 7.34. The van der Waals surface area contributed by atoms with Crippen molar-refractivity contribution in [3.63, 3.8) is 0 Å². The van der Waals surface area contributed by atoms with E-state index in [2.05, 4.69) is 17.8 Å². The lowest BCUT2D eigenvalue weighted by Crippen LogP contribution is -2.36. The molecule has 0 atom stereocenters. The van der Waals surface area contributed by atoms with Crippen molar-refractivity contribution in [3.8, 4) is 0 Å². The fraction of sp³-hybridized carbons (Fsp3) is 0.909. The molecule has 0 aromatic carbocycles. The van der Waals surface area contributed by atoms with Gasteiger partial charge in [0.2, 0.25) is 5.91 Å². The standard InChI is InChI=1S/C11H24N2O2/c1-5-6-9-15-11(2,3)8-7-10(14)13-12-4/h12H,5-9H2,1-4H3,(H,13,14). The molecular formula is C11H24N2O2. The van der Waals surface area contributed by atoms with Crippen LogP contribution in [0.1, 0.15) is 46.5 Å². The zero-order chi connectivity index (χ0) is 11.7. The number of unbranched alkanes of at least 4 members (excludes halogenated alkanes) is 1. The predicted octanol–water partition coefficient (Wildman–Crippen LogP) is 1.61. The number of nitrogens with one attached hydrogen (secondary N) is 2. The number of carbonyl (C=O) groups is 1.